The number of hydrogen-bond donors (Lipinski definition) is 2. The average Bonchev–Trinajstić information content (AvgIpc) is 3.20. The van der Waals surface area contributed by atoms with Crippen LogP contribution in [-0.2, 0) is 11.2 Å². The van der Waals surface area contributed by atoms with Crippen molar-refractivity contribution >= 4 is 29.2 Å². The lowest BCUT2D eigenvalue weighted by molar-refractivity contribution is -0.113. The third-order valence-corrected chi connectivity index (χ3v) is 5.41. The van der Waals surface area contributed by atoms with Crippen LogP contribution >= 0.6 is 0 Å². The van der Waals surface area contributed by atoms with Gasteiger partial charge in [0, 0.05) is 23.4 Å². The fourth-order valence-electron chi connectivity index (χ4n) is 3.86. The second-order valence-electron chi connectivity index (χ2n) is 7.42. The molecule has 0 bridgehead atoms. The first kappa shape index (κ1) is 20.5. The monoisotopic (exact) mass is 416 g/mol. The van der Waals surface area contributed by atoms with E-state index in [9.17, 15) is 14.0 Å². The Bertz CT molecular complexity index is 1200. The molecule has 1 aliphatic rings. The van der Waals surface area contributed by atoms with Crippen LogP contribution in [0.5, 0.6) is 0 Å². The molecule has 1 heterocycles. The maximum Gasteiger partial charge on any atom is 0.274 e. The Balaban J connectivity index is 1.76. The van der Waals surface area contributed by atoms with Gasteiger partial charge in [0.25, 0.3) is 11.8 Å². The van der Waals surface area contributed by atoms with Crippen molar-refractivity contribution in [3.05, 3.63) is 100 Å². The molecule has 2 amide bonds. The summed E-state index contributed by atoms with van der Waals surface area (Å²) < 4.78 is 13.8. The molecule has 3 aromatic carbocycles. The van der Waals surface area contributed by atoms with Crippen molar-refractivity contribution in [1.29, 1.82) is 0 Å². The number of fused-ring (bicyclic) bond motifs is 1. The van der Waals surface area contributed by atoms with E-state index in [1.165, 1.54) is 12.1 Å². The van der Waals surface area contributed by atoms with E-state index >= 15 is 0 Å². The summed E-state index contributed by atoms with van der Waals surface area (Å²) in [4.78, 5) is 27.1. The van der Waals surface area contributed by atoms with E-state index in [0.717, 1.165) is 22.4 Å². The Labute approximate surface area is 179 Å². The number of benzene rings is 3. The van der Waals surface area contributed by atoms with Crippen LogP contribution in [0, 0.1) is 12.7 Å². The van der Waals surface area contributed by atoms with E-state index in [1.807, 2.05) is 31.2 Å². The van der Waals surface area contributed by atoms with Gasteiger partial charge in [-0.2, -0.15) is 0 Å². The minimum absolute atomic E-state index is 0.198. The van der Waals surface area contributed by atoms with Crippen LogP contribution in [0.15, 0.2) is 66.7 Å². The highest BCUT2D eigenvalue weighted by molar-refractivity contribution is 6.30. The van der Waals surface area contributed by atoms with E-state index in [2.05, 4.69) is 0 Å². The number of carbonyl (C=O) groups is 2. The third kappa shape index (κ3) is 4.11. The molecule has 2 N–H and O–H groups in total. The number of carbonyl (C=O) groups excluding carboxylic acids is 2. The predicted molar refractivity (Wildman–Crippen MR) is 117 cm³/mol. The lowest BCUT2D eigenvalue weighted by Gasteiger charge is -2.21. The molecule has 0 unspecified atom stereocenters. The number of amides is 2. The molecule has 1 aliphatic heterocycles. The van der Waals surface area contributed by atoms with Crippen molar-refractivity contribution in [2.45, 2.75) is 13.3 Å². The molecular formula is C25H21FN2O3. The Morgan fingerprint density at radius 2 is 1.87 bits per heavy atom. The van der Waals surface area contributed by atoms with Crippen molar-refractivity contribution < 1.29 is 19.2 Å². The molecule has 0 spiro atoms. The minimum Gasteiger partial charge on any atom is -0.308 e. The lowest BCUT2D eigenvalue weighted by atomic mass is 9.97. The van der Waals surface area contributed by atoms with Crippen molar-refractivity contribution in [3.63, 3.8) is 0 Å². The van der Waals surface area contributed by atoms with Gasteiger partial charge in [-0.05, 0) is 72.0 Å². The van der Waals surface area contributed by atoms with E-state index < -0.39 is 5.91 Å². The molecule has 6 heteroatoms. The molecule has 0 aliphatic carbocycles. The summed E-state index contributed by atoms with van der Waals surface area (Å²) in [6.45, 7) is 2.39. The predicted octanol–water partition coefficient (Wildman–Crippen LogP) is 4.38. The first-order chi connectivity index (χ1) is 15.0. The van der Waals surface area contributed by atoms with Gasteiger partial charge in [-0.15, -0.1) is 0 Å². The maximum absolute atomic E-state index is 13.8. The third-order valence-electron chi connectivity index (χ3n) is 5.41. The summed E-state index contributed by atoms with van der Waals surface area (Å²) in [6, 6.07) is 18.7. The van der Waals surface area contributed by atoms with Gasteiger partial charge in [-0.3, -0.25) is 14.8 Å². The standard InChI is InChI=1S/C25H21FN2O3/c1-16-5-2-3-8-21(16)22(14-17-6-4-7-20(26)13-17)25(30)28-12-11-18-15-19(24(29)27-31)9-10-23(18)28/h2-10,13-15,31H,11-12H2,1H3,(H,27,29). The molecule has 0 fully saturated rings. The van der Waals surface area contributed by atoms with Crippen molar-refractivity contribution in [3.8, 4) is 0 Å². The Hall–Kier alpha value is -3.77. The second kappa shape index (κ2) is 8.53. The van der Waals surface area contributed by atoms with Crippen LogP contribution < -0.4 is 10.4 Å². The van der Waals surface area contributed by atoms with Gasteiger partial charge in [0.05, 0.1) is 0 Å². The fraction of sp³-hybridized carbons (Fsp3) is 0.120. The second-order valence-corrected chi connectivity index (χ2v) is 7.42. The van der Waals surface area contributed by atoms with E-state index in [1.54, 1.807) is 46.8 Å². The zero-order valence-electron chi connectivity index (χ0n) is 16.9. The quantitative estimate of drug-likeness (QED) is 0.287. The molecule has 0 atom stereocenters. The molecule has 3 aromatic rings. The van der Waals surface area contributed by atoms with Crippen LogP contribution in [0.3, 0.4) is 0 Å². The largest absolute Gasteiger partial charge is 0.308 e. The molecule has 0 radical (unpaired) electrons. The van der Waals surface area contributed by atoms with Crippen LogP contribution in [0.1, 0.15) is 32.6 Å². The first-order valence-electron chi connectivity index (χ1n) is 9.90. The SMILES string of the molecule is Cc1ccccc1C(=Cc1cccc(F)c1)C(=O)N1CCc2cc(C(=O)NO)ccc21. The van der Waals surface area contributed by atoms with E-state index in [-0.39, 0.29) is 11.7 Å². The Morgan fingerprint density at radius 3 is 2.61 bits per heavy atom. The van der Waals surface area contributed by atoms with E-state index in [0.29, 0.717) is 29.7 Å². The summed E-state index contributed by atoms with van der Waals surface area (Å²) in [7, 11) is 0. The van der Waals surface area contributed by atoms with Gasteiger partial charge in [0.15, 0.2) is 0 Å². The van der Waals surface area contributed by atoms with Crippen LogP contribution in [0.4, 0.5) is 10.1 Å². The van der Waals surface area contributed by atoms with Crippen molar-refractivity contribution in [1.82, 2.24) is 5.48 Å². The van der Waals surface area contributed by atoms with E-state index in [4.69, 9.17) is 5.21 Å². The van der Waals surface area contributed by atoms with Crippen LogP contribution in [-0.4, -0.2) is 23.6 Å². The number of nitrogens with one attached hydrogen (secondary N) is 1. The average molecular weight is 416 g/mol. The van der Waals surface area contributed by atoms with Gasteiger partial charge >= 0.3 is 0 Å². The highest BCUT2D eigenvalue weighted by Crippen LogP contribution is 2.33. The van der Waals surface area contributed by atoms with Crippen LogP contribution in [0.25, 0.3) is 11.6 Å². The number of halogens is 1. The number of hydrogen-bond acceptors (Lipinski definition) is 3. The molecule has 0 aromatic heterocycles. The molecular weight excluding hydrogens is 395 g/mol. The summed E-state index contributed by atoms with van der Waals surface area (Å²) in [5.41, 5.74) is 6.30. The molecule has 31 heavy (non-hydrogen) atoms. The molecule has 156 valence electrons. The van der Waals surface area contributed by atoms with Gasteiger partial charge in [0.2, 0.25) is 0 Å². The highest BCUT2D eigenvalue weighted by atomic mass is 19.1. The number of anilines is 1. The van der Waals surface area contributed by atoms with Gasteiger partial charge < -0.3 is 4.90 Å². The number of aryl methyl sites for hydroxylation is 1. The Kier molecular flexibility index (Phi) is 5.64. The van der Waals surface area contributed by atoms with Gasteiger partial charge in [-0.25, -0.2) is 9.87 Å². The normalized spacial score (nSPS) is 13.1. The zero-order valence-corrected chi connectivity index (χ0v) is 16.9. The highest BCUT2D eigenvalue weighted by Gasteiger charge is 2.28. The lowest BCUT2D eigenvalue weighted by Crippen LogP contribution is -2.30. The topological polar surface area (TPSA) is 69.6 Å². The number of hydroxylamine groups is 1. The molecule has 0 saturated carbocycles. The minimum atomic E-state index is -0.598. The molecule has 4 rings (SSSR count). The summed E-state index contributed by atoms with van der Waals surface area (Å²) in [6.07, 6.45) is 2.30. The molecule has 0 saturated heterocycles. The summed E-state index contributed by atoms with van der Waals surface area (Å²) >= 11 is 0. The van der Waals surface area contributed by atoms with Gasteiger partial charge in [0.1, 0.15) is 5.82 Å². The van der Waals surface area contributed by atoms with Crippen molar-refractivity contribution in [2.24, 2.45) is 0 Å². The van der Waals surface area contributed by atoms with Gasteiger partial charge in [-0.1, -0.05) is 36.4 Å². The summed E-state index contributed by atoms with van der Waals surface area (Å²) in [5, 5.41) is 8.86. The number of nitrogens with zero attached hydrogens (tertiary/aromatic N) is 1. The molecule has 5 nitrogen and oxygen atoms in total. The number of rotatable bonds is 4. The summed E-state index contributed by atoms with van der Waals surface area (Å²) in [5.74, 6) is -1.16. The zero-order chi connectivity index (χ0) is 22.0. The smallest absolute Gasteiger partial charge is 0.274 e. The van der Waals surface area contributed by atoms with Crippen molar-refractivity contribution in [2.75, 3.05) is 11.4 Å². The fourth-order valence-corrected chi connectivity index (χ4v) is 3.86. The first-order valence-corrected chi connectivity index (χ1v) is 9.90. The maximum atomic E-state index is 13.8. The van der Waals surface area contributed by atoms with Crippen LogP contribution in [0.2, 0.25) is 0 Å². The Morgan fingerprint density at radius 1 is 1.06 bits per heavy atom.